The molecule has 0 heterocycles. The van der Waals surface area contributed by atoms with Crippen LogP contribution in [0, 0.1) is 6.92 Å². The number of nitrogens with two attached hydrogens (primary N) is 1. The zero-order valence-electron chi connectivity index (χ0n) is 12.0. The van der Waals surface area contributed by atoms with Crippen LogP contribution >= 0.6 is 0 Å². The van der Waals surface area contributed by atoms with E-state index < -0.39 is 0 Å². The van der Waals surface area contributed by atoms with Crippen LogP contribution in [0.2, 0.25) is 0 Å². The molecule has 0 aliphatic carbocycles. The van der Waals surface area contributed by atoms with E-state index in [4.69, 9.17) is 10.6 Å². The van der Waals surface area contributed by atoms with Gasteiger partial charge in [0.2, 0.25) is 0 Å². The van der Waals surface area contributed by atoms with E-state index in [-0.39, 0.29) is 11.4 Å². The third-order valence-corrected chi connectivity index (χ3v) is 3.08. The molecule has 5 nitrogen and oxygen atoms in total. The largest absolute Gasteiger partial charge is 0.494 e. The Morgan fingerprint density at radius 3 is 2.63 bits per heavy atom. The molecule has 0 radical (unpaired) electrons. The maximum atomic E-state index is 11.1. The number of hydrogen-bond donors (Lipinski definition) is 3. The Kier molecular flexibility index (Phi) is 5.18. The van der Waals surface area contributed by atoms with E-state index in [9.17, 15) is 4.79 Å². The Labute approximate surface area is 114 Å². The van der Waals surface area contributed by atoms with Crippen molar-refractivity contribution in [2.75, 3.05) is 13.2 Å². The molecule has 0 saturated heterocycles. The summed E-state index contributed by atoms with van der Waals surface area (Å²) >= 11 is 0. The number of hydrogen-bond acceptors (Lipinski definition) is 3. The van der Waals surface area contributed by atoms with Crippen molar-refractivity contribution in [2.24, 2.45) is 5.84 Å². The van der Waals surface area contributed by atoms with Gasteiger partial charge in [-0.3, -0.25) is 5.43 Å². The zero-order chi connectivity index (χ0) is 14.5. The van der Waals surface area contributed by atoms with E-state index >= 15 is 0 Å². The number of hydrazine groups is 1. The van der Waals surface area contributed by atoms with Crippen LogP contribution in [0.3, 0.4) is 0 Å². The molecule has 0 spiro atoms. The number of carbonyl (C=O) groups excluding carboxylic acids is 1. The van der Waals surface area contributed by atoms with E-state index in [0.29, 0.717) is 13.2 Å². The van der Waals surface area contributed by atoms with Crippen molar-refractivity contribution < 1.29 is 9.53 Å². The second-order valence-corrected chi connectivity index (χ2v) is 5.12. The molecule has 0 bridgehead atoms. The highest BCUT2D eigenvalue weighted by atomic mass is 16.5. The van der Waals surface area contributed by atoms with Crippen molar-refractivity contribution in [1.29, 1.82) is 0 Å². The summed E-state index contributed by atoms with van der Waals surface area (Å²) in [6.07, 6.45) is 0. The van der Waals surface area contributed by atoms with Gasteiger partial charge < -0.3 is 10.1 Å². The fourth-order valence-corrected chi connectivity index (χ4v) is 1.84. The first-order valence-corrected chi connectivity index (χ1v) is 6.39. The average molecular weight is 265 g/mol. The Hall–Kier alpha value is -1.75. The molecule has 1 aromatic rings. The summed E-state index contributed by atoms with van der Waals surface area (Å²) in [5.41, 5.74) is 4.12. The number of benzene rings is 1. The number of aryl methyl sites for hydroxylation is 1. The van der Waals surface area contributed by atoms with Gasteiger partial charge in [0.25, 0.3) is 0 Å². The van der Waals surface area contributed by atoms with E-state index in [1.54, 1.807) is 0 Å². The summed E-state index contributed by atoms with van der Waals surface area (Å²) in [4.78, 5) is 11.1. The van der Waals surface area contributed by atoms with E-state index in [0.717, 1.165) is 16.9 Å². The van der Waals surface area contributed by atoms with Crippen LogP contribution in [0.25, 0.3) is 0 Å². The highest BCUT2D eigenvalue weighted by molar-refractivity contribution is 5.73. The van der Waals surface area contributed by atoms with E-state index in [1.807, 2.05) is 26.0 Å². The molecular weight excluding hydrogens is 242 g/mol. The first-order valence-electron chi connectivity index (χ1n) is 6.39. The van der Waals surface area contributed by atoms with Crippen LogP contribution in [0.4, 0.5) is 4.79 Å². The van der Waals surface area contributed by atoms with Gasteiger partial charge in [0.1, 0.15) is 5.75 Å². The fourth-order valence-electron chi connectivity index (χ4n) is 1.84. The zero-order valence-corrected chi connectivity index (χ0v) is 12.0. The van der Waals surface area contributed by atoms with Gasteiger partial charge in [-0.15, -0.1) is 0 Å². The summed E-state index contributed by atoms with van der Waals surface area (Å²) in [7, 11) is 0. The number of carbonyl (C=O) groups is 1. The Bertz CT molecular complexity index is 444. The lowest BCUT2D eigenvalue weighted by Gasteiger charge is -2.26. The number of amides is 2. The predicted molar refractivity (Wildman–Crippen MR) is 76.1 cm³/mol. The van der Waals surface area contributed by atoms with Crippen LogP contribution in [-0.4, -0.2) is 19.2 Å². The van der Waals surface area contributed by atoms with Gasteiger partial charge in [0.15, 0.2) is 0 Å². The third kappa shape index (κ3) is 4.13. The summed E-state index contributed by atoms with van der Waals surface area (Å²) in [5.74, 6) is 5.94. The molecule has 1 aromatic carbocycles. The van der Waals surface area contributed by atoms with Crippen molar-refractivity contribution in [3.8, 4) is 5.75 Å². The Balaban J connectivity index is 2.83. The van der Waals surface area contributed by atoms with Crippen LogP contribution in [0.5, 0.6) is 5.75 Å². The van der Waals surface area contributed by atoms with Crippen LogP contribution < -0.4 is 21.3 Å². The molecule has 0 atom stereocenters. The summed E-state index contributed by atoms with van der Waals surface area (Å²) in [5, 5.41) is 2.72. The average Bonchev–Trinajstić information content (AvgIpc) is 2.38. The van der Waals surface area contributed by atoms with Crippen molar-refractivity contribution in [2.45, 2.75) is 33.1 Å². The van der Waals surface area contributed by atoms with E-state index in [2.05, 4.69) is 30.7 Å². The van der Waals surface area contributed by atoms with Gasteiger partial charge in [-0.05, 0) is 31.0 Å². The smallest absolute Gasteiger partial charge is 0.328 e. The molecule has 0 aliphatic rings. The van der Waals surface area contributed by atoms with Gasteiger partial charge in [0, 0.05) is 12.0 Å². The highest BCUT2D eigenvalue weighted by Gasteiger charge is 2.22. The lowest BCUT2D eigenvalue weighted by Crippen LogP contribution is -2.44. The topological polar surface area (TPSA) is 76.4 Å². The second kappa shape index (κ2) is 6.43. The minimum Gasteiger partial charge on any atom is -0.494 e. The maximum absolute atomic E-state index is 11.1. The van der Waals surface area contributed by atoms with Gasteiger partial charge in [0.05, 0.1) is 6.61 Å². The summed E-state index contributed by atoms with van der Waals surface area (Å²) in [6.45, 7) is 9.28. The van der Waals surface area contributed by atoms with Gasteiger partial charge in [-0.25, -0.2) is 10.6 Å². The molecule has 19 heavy (non-hydrogen) atoms. The normalized spacial score (nSPS) is 11.0. The monoisotopic (exact) mass is 265 g/mol. The molecule has 0 fully saturated rings. The van der Waals surface area contributed by atoms with Crippen molar-refractivity contribution in [3.63, 3.8) is 0 Å². The molecule has 0 saturated carbocycles. The summed E-state index contributed by atoms with van der Waals surface area (Å²) < 4.78 is 5.52. The standard InChI is InChI=1S/C14H23N3O2/c1-5-19-12-7-6-11(8-10(12)2)14(3,4)9-16-13(18)17-15/h6-8H,5,9,15H2,1-4H3,(H2,16,17,18). The fraction of sp³-hybridized carbons (Fsp3) is 0.500. The van der Waals surface area contributed by atoms with Crippen molar-refractivity contribution in [3.05, 3.63) is 29.3 Å². The number of nitrogens with one attached hydrogen (secondary N) is 2. The molecule has 106 valence electrons. The molecule has 0 aliphatic heterocycles. The molecular formula is C14H23N3O2. The van der Waals surface area contributed by atoms with Crippen LogP contribution in [-0.2, 0) is 5.41 Å². The van der Waals surface area contributed by atoms with Crippen molar-refractivity contribution >= 4 is 6.03 Å². The minimum absolute atomic E-state index is 0.179. The molecule has 2 amide bonds. The van der Waals surface area contributed by atoms with Crippen LogP contribution in [0.1, 0.15) is 31.9 Å². The maximum Gasteiger partial charge on any atom is 0.328 e. The van der Waals surface area contributed by atoms with Gasteiger partial charge >= 0.3 is 6.03 Å². The highest BCUT2D eigenvalue weighted by Crippen LogP contribution is 2.27. The first-order chi connectivity index (χ1) is 8.90. The quantitative estimate of drug-likeness (QED) is 0.432. The molecule has 5 heteroatoms. The number of urea groups is 1. The van der Waals surface area contributed by atoms with Gasteiger partial charge in [-0.2, -0.15) is 0 Å². The summed E-state index contributed by atoms with van der Waals surface area (Å²) in [6, 6.07) is 5.71. The number of rotatable bonds is 5. The first kappa shape index (κ1) is 15.3. The van der Waals surface area contributed by atoms with Crippen molar-refractivity contribution in [1.82, 2.24) is 10.7 Å². The SMILES string of the molecule is CCOc1ccc(C(C)(C)CNC(=O)NN)cc1C. The van der Waals surface area contributed by atoms with Gasteiger partial charge in [-0.1, -0.05) is 26.0 Å². The number of ether oxygens (including phenoxy) is 1. The predicted octanol–water partition coefficient (Wildman–Crippen LogP) is 1.84. The third-order valence-electron chi connectivity index (χ3n) is 3.08. The molecule has 1 rings (SSSR count). The molecule has 0 aromatic heterocycles. The van der Waals surface area contributed by atoms with Crippen LogP contribution in [0.15, 0.2) is 18.2 Å². The molecule has 0 unspecified atom stereocenters. The lowest BCUT2D eigenvalue weighted by atomic mass is 9.84. The minimum atomic E-state index is -0.379. The second-order valence-electron chi connectivity index (χ2n) is 5.12. The Morgan fingerprint density at radius 2 is 2.11 bits per heavy atom. The lowest BCUT2D eigenvalue weighted by molar-refractivity contribution is 0.238. The Morgan fingerprint density at radius 1 is 1.42 bits per heavy atom. The molecule has 4 N–H and O–H groups in total. The van der Waals surface area contributed by atoms with E-state index in [1.165, 1.54) is 0 Å².